The number of rotatable bonds is 3. The Labute approximate surface area is 301 Å². The molecule has 8 aromatic carbocycles. The standard InChI is InChI=1S/C48H28N2OS/c1-2-11-29(12-3-1)32-16-10-17-36-37-24-25-42-46(48(37)51-47(32)36)38-23-21-31(49-40-18-7-4-13-33(40)34-14-5-8-19-41(34)49)28-43(38)50(42)30-22-26-45-39(27-30)35-15-6-9-20-44(35)52-45/h1-28H. The summed E-state index contributed by atoms with van der Waals surface area (Å²) < 4.78 is 14.5. The van der Waals surface area contributed by atoms with Crippen LogP contribution in [0, 0.1) is 0 Å². The van der Waals surface area contributed by atoms with Crippen molar-refractivity contribution in [2.24, 2.45) is 0 Å². The van der Waals surface area contributed by atoms with Gasteiger partial charge in [-0.2, -0.15) is 0 Å². The smallest absolute Gasteiger partial charge is 0.145 e. The Balaban J connectivity index is 1.21. The summed E-state index contributed by atoms with van der Waals surface area (Å²) in [6, 6.07) is 61.7. The molecule has 52 heavy (non-hydrogen) atoms. The van der Waals surface area contributed by atoms with Crippen molar-refractivity contribution in [3.8, 4) is 22.5 Å². The summed E-state index contributed by atoms with van der Waals surface area (Å²) in [7, 11) is 0. The average Bonchev–Trinajstić information content (AvgIpc) is 3.95. The minimum Gasteiger partial charge on any atom is -0.455 e. The van der Waals surface area contributed by atoms with Crippen LogP contribution in [0.5, 0.6) is 0 Å². The van der Waals surface area contributed by atoms with Crippen LogP contribution < -0.4 is 0 Å². The van der Waals surface area contributed by atoms with Gasteiger partial charge in [-0.1, -0.05) is 103 Å². The zero-order chi connectivity index (χ0) is 33.9. The van der Waals surface area contributed by atoms with Gasteiger partial charge in [0.05, 0.1) is 27.5 Å². The number of para-hydroxylation sites is 3. The van der Waals surface area contributed by atoms with Crippen molar-refractivity contribution < 1.29 is 4.42 Å². The molecule has 4 heteroatoms. The lowest BCUT2D eigenvalue weighted by Gasteiger charge is -2.11. The van der Waals surface area contributed by atoms with Crippen molar-refractivity contribution in [1.29, 1.82) is 0 Å². The summed E-state index contributed by atoms with van der Waals surface area (Å²) in [5.41, 5.74) is 11.0. The summed E-state index contributed by atoms with van der Waals surface area (Å²) in [5, 5.41) is 9.65. The Hall–Kier alpha value is -6.62. The molecule has 242 valence electrons. The van der Waals surface area contributed by atoms with E-state index in [9.17, 15) is 0 Å². The third-order valence-electron chi connectivity index (χ3n) is 10.9. The van der Waals surface area contributed by atoms with Crippen molar-refractivity contribution in [3.63, 3.8) is 0 Å². The zero-order valence-corrected chi connectivity index (χ0v) is 28.7. The highest BCUT2D eigenvalue weighted by Gasteiger charge is 2.22. The Morgan fingerprint density at radius 1 is 0.365 bits per heavy atom. The molecule has 0 N–H and O–H groups in total. The van der Waals surface area contributed by atoms with Crippen LogP contribution in [-0.2, 0) is 0 Å². The Bertz CT molecular complexity index is 3360. The minimum absolute atomic E-state index is 0.921. The van der Waals surface area contributed by atoms with Gasteiger partial charge in [-0.15, -0.1) is 11.3 Å². The van der Waals surface area contributed by atoms with E-state index >= 15 is 0 Å². The monoisotopic (exact) mass is 680 g/mol. The maximum absolute atomic E-state index is 7.03. The molecule has 4 heterocycles. The van der Waals surface area contributed by atoms with Crippen LogP contribution in [0.1, 0.15) is 0 Å². The van der Waals surface area contributed by atoms with Gasteiger partial charge >= 0.3 is 0 Å². The summed E-state index contributed by atoms with van der Waals surface area (Å²) in [6.07, 6.45) is 0. The first-order chi connectivity index (χ1) is 25.8. The fraction of sp³-hybridized carbons (Fsp3) is 0. The molecule has 0 bridgehead atoms. The number of hydrogen-bond donors (Lipinski definition) is 0. The van der Waals surface area contributed by atoms with E-state index < -0.39 is 0 Å². The predicted molar refractivity (Wildman–Crippen MR) is 221 cm³/mol. The molecular formula is C48H28N2OS. The van der Waals surface area contributed by atoms with E-state index in [0.29, 0.717) is 0 Å². The quantitative estimate of drug-likeness (QED) is 0.182. The molecule has 0 spiro atoms. The number of nitrogens with zero attached hydrogens (tertiary/aromatic N) is 2. The van der Waals surface area contributed by atoms with Gasteiger partial charge in [0.15, 0.2) is 0 Å². The van der Waals surface area contributed by atoms with E-state index in [4.69, 9.17) is 4.42 Å². The lowest BCUT2D eigenvalue weighted by atomic mass is 10.0. The predicted octanol–water partition coefficient (Wildman–Crippen LogP) is 13.8. The molecule has 0 aliphatic carbocycles. The average molecular weight is 681 g/mol. The molecule has 0 unspecified atom stereocenters. The Morgan fingerprint density at radius 3 is 1.81 bits per heavy atom. The third-order valence-corrected chi connectivity index (χ3v) is 12.1. The zero-order valence-electron chi connectivity index (χ0n) is 27.9. The van der Waals surface area contributed by atoms with Gasteiger partial charge in [0.25, 0.3) is 0 Å². The first-order valence-electron chi connectivity index (χ1n) is 17.7. The molecule has 4 aromatic heterocycles. The van der Waals surface area contributed by atoms with Gasteiger partial charge in [0.2, 0.25) is 0 Å². The molecule has 0 saturated carbocycles. The molecule has 0 amide bonds. The number of fused-ring (bicyclic) bond motifs is 13. The van der Waals surface area contributed by atoms with Gasteiger partial charge in [0, 0.05) is 64.0 Å². The van der Waals surface area contributed by atoms with Crippen LogP contribution in [0.25, 0.3) is 108 Å². The third kappa shape index (κ3) is 3.79. The van der Waals surface area contributed by atoms with E-state index in [2.05, 4.69) is 179 Å². The number of furan rings is 1. The van der Waals surface area contributed by atoms with E-state index in [-0.39, 0.29) is 0 Å². The second-order valence-corrected chi connectivity index (χ2v) is 14.8. The highest BCUT2D eigenvalue weighted by molar-refractivity contribution is 7.25. The highest BCUT2D eigenvalue weighted by Crippen LogP contribution is 2.44. The van der Waals surface area contributed by atoms with Gasteiger partial charge < -0.3 is 13.6 Å². The lowest BCUT2D eigenvalue weighted by Crippen LogP contribution is -1.97. The van der Waals surface area contributed by atoms with E-state index in [0.717, 1.165) is 60.9 Å². The van der Waals surface area contributed by atoms with Gasteiger partial charge in [-0.05, 0) is 72.3 Å². The maximum atomic E-state index is 7.03. The fourth-order valence-electron chi connectivity index (χ4n) is 8.66. The second kappa shape index (κ2) is 10.5. The largest absolute Gasteiger partial charge is 0.455 e. The molecule has 12 rings (SSSR count). The van der Waals surface area contributed by atoms with Crippen molar-refractivity contribution in [3.05, 3.63) is 170 Å². The van der Waals surface area contributed by atoms with Gasteiger partial charge in [-0.3, -0.25) is 0 Å². The SMILES string of the molecule is c1ccc(-c2cccc3c2oc2c3ccc3c2c2ccc(-n4c5ccccc5c5ccccc54)cc2n3-c2ccc3sc4ccccc4c3c2)cc1. The van der Waals surface area contributed by atoms with Crippen LogP contribution in [-0.4, -0.2) is 9.13 Å². The Morgan fingerprint density at radius 2 is 0.981 bits per heavy atom. The van der Waals surface area contributed by atoms with Crippen LogP contribution in [0.2, 0.25) is 0 Å². The summed E-state index contributed by atoms with van der Waals surface area (Å²) in [6.45, 7) is 0. The molecular weight excluding hydrogens is 653 g/mol. The molecule has 0 fully saturated rings. The highest BCUT2D eigenvalue weighted by atomic mass is 32.1. The van der Waals surface area contributed by atoms with E-state index in [1.165, 1.54) is 47.4 Å². The molecule has 0 atom stereocenters. The molecule has 0 aliphatic rings. The van der Waals surface area contributed by atoms with E-state index in [1.807, 2.05) is 11.3 Å². The van der Waals surface area contributed by atoms with Crippen molar-refractivity contribution >= 4 is 97.1 Å². The van der Waals surface area contributed by atoms with Gasteiger partial charge in [0.1, 0.15) is 11.2 Å². The number of aromatic nitrogens is 2. The fourth-order valence-corrected chi connectivity index (χ4v) is 9.75. The first kappa shape index (κ1) is 28.1. The normalized spacial score (nSPS) is 12.2. The van der Waals surface area contributed by atoms with Gasteiger partial charge in [-0.25, -0.2) is 0 Å². The summed E-state index contributed by atoms with van der Waals surface area (Å²) in [4.78, 5) is 0. The maximum Gasteiger partial charge on any atom is 0.145 e. The number of hydrogen-bond acceptors (Lipinski definition) is 2. The first-order valence-corrected chi connectivity index (χ1v) is 18.5. The topological polar surface area (TPSA) is 23.0 Å². The van der Waals surface area contributed by atoms with E-state index in [1.54, 1.807) is 0 Å². The van der Waals surface area contributed by atoms with Crippen molar-refractivity contribution in [2.45, 2.75) is 0 Å². The molecule has 12 aromatic rings. The number of thiophene rings is 1. The summed E-state index contributed by atoms with van der Waals surface area (Å²) in [5.74, 6) is 0. The lowest BCUT2D eigenvalue weighted by molar-refractivity contribution is 0.674. The van der Waals surface area contributed by atoms with Crippen LogP contribution in [0.4, 0.5) is 0 Å². The van der Waals surface area contributed by atoms with Crippen molar-refractivity contribution in [1.82, 2.24) is 9.13 Å². The Kier molecular flexibility index (Phi) is 5.65. The molecule has 3 nitrogen and oxygen atoms in total. The number of benzene rings is 8. The van der Waals surface area contributed by atoms with Crippen LogP contribution in [0.3, 0.4) is 0 Å². The van der Waals surface area contributed by atoms with Crippen LogP contribution >= 0.6 is 11.3 Å². The second-order valence-electron chi connectivity index (χ2n) is 13.7. The molecule has 0 aliphatic heterocycles. The molecule has 0 saturated heterocycles. The van der Waals surface area contributed by atoms with Crippen molar-refractivity contribution in [2.75, 3.05) is 0 Å². The minimum atomic E-state index is 0.921. The summed E-state index contributed by atoms with van der Waals surface area (Å²) >= 11 is 1.85. The molecule has 0 radical (unpaired) electrons. The van der Waals surface area contributed by atoms with Crippen LogP contribution in [0.15, 0.2) is 174 Å².